The molecule has 3 aromatic heterocycles. The van der Waals surface area contributed by atoms with Crippen LogP contribution in [0.15, 0.2) is 36.8 Å². The van der Waals surface area contributed by atoms with E-state index in [1.165, 1.54) is 12.1 Å². The van der Waals surface area contributed by atoms with Crippen LogP contribution in [-0.2, 0) is 6.54 Å². The molecule has 9 nitrogen and oxygen atoms in total. The molecule has 0 fully saturated rings. The van der Waals surface area contributed by atoms with E-state index in [0.717, 1.165) is 11.3 Å². The number of aryl methyl sites for hydroxylation is 1. The first-order valence-electron chi connectivity index (χ1n) is 10.1. The van der Waals surface area contributed by atoms with Gasteiger partial charge in [-0.15, -0.1) is 0 Å². The predicted molar refractivity (Wildman–Crippen MR) is 115 cm³/mol. The van der Waals surface area contributed by atoms with Gasteiger partial charge in [0.1, 0.15) is 23.8 Å². The quantitative estimate of drug-likeness (QED) is 0.433. The molecule has 2 unspecified atom stereocenters. The lowest BCUT2D eigenvalue weighted by Gasteiger charge is -2.27. The Morgan fingerprint density at radius 3 is 2.81 bits per heavy atom. The number of nitrogens with two attached hydrogens (primary N) is 1. The number of ether oxygens (including phenoxy) is 1. The minimum Gasteiger partial charge on any atom is -0.467 e. The summed E-state index contributed by atoms with van der Waals surface area (Å²) in [6.45, 7) is 4.01. The molecule has 1 aromatic carbocycles. The summed E-state index contributed by atoms with van der Waals surface area (Å²) in [7, 11) is 1.77. The van der Waals surface area contributed by atoms with Gasteiger partial charge in [-0.3, -0.25) is 9.30 Å². The largest absolute Gasteiger partial charge is 0.467 e. The van der Waals surface area contributed by atoms with Crippen LogP contribution >= 0.6 is 0 Å². The lowest BCUT2D eigenvalue weighted by molar-refractivity contribution is 0.0123. The van der Waals surface area contributed by atoms with E-state index in [1.54, 1.807) is 37.3 Å². The van der Waals surface area contributed by atoms with Crippen LogP contribution in [0.4, 0.5) is 10.2 Å². The van der Waals surface area contributed by atoms with Gasteiger partial charge >= 0.3 is 0 Å². The summed E-state index contributed by atoms with van der Waals surface area (Å²) in [6.07, 6.45) is 3.48. The maximum Gasteiger partial charge on any atom is 0.258 e. The Morgan fingerprint density at radius 1 is 1.19 bits per heavy atom. The van der Waals surface area contributed by atoms with E-state index in [0.29, 0.717) is 34.8 Å². The predicted octanol–water partition coefficient (Wildman–Crippen LogP) is 2.79. The SMILES string of the molecule is Cc1cnc2nc3cn2c1-c1cnc(N)c(n1)OC(C)c1cc(F)ccc1C(O)N(C)C3. The molecule has 0 amide bonds. The number of anilines is 1. The van der Waals surface area contributed by atoms with Crippen molar-refractivity contribution < 1.29 is 14.2 Å². The van der Waals surface area contributed by atoms with Crippen LogP contribution < -0.4 is 10.5 Å². The van der Waals surface area contributed by atoms with Gasteiger partial charge in [0.05, 0.1) is 17.6 Å². The van der Waals surface area contributed by atoms with Gasteiger partial charge in [0.15, 0.2) is 5.82 Å². The summed E-state index contributed by atoms with van der Waals surface area (Å²) in [5, 5.41) is 11.1. The summed E-state index contributed by atoms with van der Waals surface area (Å²) >= 11 is 0. The van der Waals surface area contributed by atoms with Crippen molar-refractivity contribution in [2.45, 2.75) is 32.7 Å². The van der Waals surface area contributed by atoms with Crippen molar-refractivity contribution in [3.63, 3.8) is 0 Å². The molecule has 5 rings (SSSR count). The third kappa shape index (κ3) is 3.33. The van der Waals surface area contributed by atoms with Gasteiger partial charge in [-0.1, -0.05) is 6.07 Å². The van der Waals surface area contributed by atoms with Crippen LogP contribution in [-0.4, -0.2) is 41.4 Å². The second-order valence-electron chi connectivity index (χ2n) is 7.96. The highest BCUT2D eigenvalue weighted by molar-refractivity contribution is 5.63. The fourth-order valence-electron chi connectivity index (χ4n) is 4.01. The second-order valence-corrected chi connectivity index (χ2v) is 7.96. The number of hydrogen-bond donors (Lipinski definition) is 2. The molecule has 0 spiro atoms. The van der Waals surface area contributed by atoms with Gasteiger partial charge in [-0.25, -0.2) is 24.3 Å². The number of nitrogens with zero attached hydrogens (tertiary/aromatic N) is 6. The molecule has 2 atom stereocenters. The molecular weight excluding hydrogens is 413 g/mol. The van der Waals surface area contributed by atoms with Gasteiger partial charge in [-0.05, 0) is 38.6 Å². The van der Waals surface area contributed by atoms with E-state index in [9.17, 15) is 9.50 Å². The van der Waals surface area contributed by atoms with Crippen LogP contribution in [0.25, 0.3) is 17.2 Å². The first kappa shape index (κ1) is 20.3. The van der Waals surface area contributed by atoms with Gasteiger partial charge < -0.3 is 15.6 Å². The number of aromatic nitrogens is 5. The van der Waals surface area contributed by atoms with E-state index in [4.69, 9.17) is 10.5 Å². The summed E-state index contributed by atoms with van der Waals surface area (Å²) in [5.74, 6) is 0.290. The smallest absolute Gasteiger partial charge is 0.258 e. The van der Waals surface area contributed by atoms with Crippen LogP contribution in [0.3, 0.4) is 0 Å². The molecule has 1 aliphatic heterocycles. The number of imidazole rings is 1. The van der Waals surface area contributed by atoms with Crippen molar-refractivity contribution >= 4 is 11.6 Å². The van der Waals surface area contributed by atoms with Crippen molar-refractivity contribution in [1.29, 1.82) is 0 Å². The Hall–Kier alpha value is -3.63. The molecule has 32 heavy (non-hydrogen) atoms. The van der Waals surface area contributed by atoms with E-state index < -0.39 is 18.1 Å². The van der Waals surface area contributed by atoms with Gasteiger partial charge in [0.2, 0.25) is 5.78 Å². The normalized spacial score (nSPS) is 18.9. The molecule has 0 radical (unpaired) electrons. The van der Waals surface area contributed by atoms with E-state index in [1.807, 2.05) is 17.5 Å². The number of aliphatic hydroxyl groups is 1. The molecule has 4 aromatic rings. The molecular formula is C22H22FN7O2. The van der Waals surface area contributed by atoms with Gasteiger partial charge in [0, 0.05) is 30.1 Å². The number of hydrogen-bond acceptors (Lipinski definition) is 8. The van der Waals surface area contributed by atoms with E-state index in [-0.39, 0.29) is 11.7 Å². The topological polar surface area (TPSA) is 115 Å². The first-order chi connectivity index (χ1) is 15.3. The zero-order valence-corrected chi connectivity index (χ0v) is 17.8. The standard InChI is InChI=1S/C22H22FN7O2/c1-11-7-26-22-27-14-9-29(3)21(31)15-5-4-13(23)6-16(15)12(2)32-20-19(24)25-8-17(28-20)18(11)30(22)10-14/h4-8,10,12,21,31H,9H2,1-3H3,(H2,24,25). The lowest BCUT2D eigenvalue weighted by atomic mass is 10.0. The Labute approximate surface area is 183 Å². The van der Waals surface area contributed by atoms with Crippen molar-refractivity contribution in [3.8, 4) is 17.3 Å². The number of aliphatic hydroxyl groups excluding tert-OH is 1. The van der Waals surface area contributed by atoms with Gasteiger partial charge in [0.25, 0.3) is 5.88 Å². The van der Waals surface area contributed by atoms with Gasteiger partial charge in [-0.2, -0.15) is 0 Å². The number of fused-ring (bicyclic) bond motifs is 5. The molecule has 4 bridgehead atoms. The average Bonchev–Trinajstić information content (AvgIpc) is 3.16. The summed E-state index contributed by atoms with van der Waals surface area (Å²) in [6, 6.07) is 4.21. The van der Waals surface area contributed by atoms with Crippen molar-refractivity contribution in [3.05, 3.63) is 65.0 Å². The van der Waals surface area contributed by atoms with Crippen LogP contribution in [0.5, 0.6) is 5.88 Å². The summed E-state index contributed by atoms with van der Waals surface area (Å²) in [4.78, 5) is 19.6. The third-order valence-electron chi connectivity index (χ3n) is 5.62. The minimum absolute atomic E-state index is 0.109. The Bertz CT molecular complexity index is 1340. The fourth-order valence-corrected chi connectivity index (χ4v) is 4.01. The molecule has 10 heteroatoms. The van der Waals surface area contributed by atoms with Crippen molar-refractivity contribution in [1.82, 2.24) is 29.2 Å². The van der Waals surface area contributed by atoms with Crippen molar-refractivity contribution in [2.75, 3.05) is 12.8 Å². The molecule has 164 valence electrons. The minimum atomic E-state index is -1.02. The molecule has 0 saturated carbocycles. The molecule has 0 aliphatic carbocycles. The number of rotatable bonds is 0. The maximum atomic E-state index is 14.1. The molecule has 1 aliphatic rings. The Kier molecular flexibility index (Phi) is 4.75. The molecule has 0 saturated heterocycles. The summed E-state index contributed by atoms with van der Waals surface area (Å²) < 4.78 is 22.0. The monoisotopic (exact) mass is 435 g/mol. The Morgan fingerprint density at radius 2 is 2.00 bits per heavy atom. The lowest BCUT2D eigenvalue weighted by Crippen LogP contribution is -2.26. The van der Waals surface area contributed by atoms with E-state index in [2.05, 4.69) is 19.9 Å². The molecule has 4 heterocycles. The van der Waals surface area contributed by atoms with Crippen molar-refractivity contribution in [2.24, 2.45) is 0 Å². The summed E-state index contributed by atoms with van der Waals surface area (Å²) in [5.41, 5.74) is 9.92. The highest BCUT2D eigenvalue weighted by Gasteiger charge is 2.25. The zero-order chi connectivity index (χ0) is 22.6. The third-order valence-corrected chi connectivity index (χ3v) is 5.62. The first-order valence-corrected chi connectivity index (χ1v) is 10.1. The van der Waals surface area contributed by atoms with Crippen LogP contribution in [0.2, 0.25) is 0 Å². The highest BCUT2D eigenvalue weighted by atomic mass is 19.1. The zero-order valence-electron chi connectivity index (χ0n) is 17.8. The number of benzene rings is 1. The van der Waals surface area contributed by atoms with E-state index >= 15 is 0 Å². The highest BCUT2D eigenvalue weighted by Crippen LogP contribution is 2.33. The molecule has 3 N–H and O–H groups in total. The second kappa shape index (κ2) is 7.50. The fraction of sp³-hybridized carbons (Fsp3) is 0.273. The van der Waals surface area contributed by atoms with Crippen LogP contribution in [0.1, 0.15) is 41.6 Å². The van der Waals surface area contributed by atoms with Crippen LogP contribution in [0, 0.1) is 12.7 Å². The maximum absolute atomic E-state index is 14.1. The number of halogens is 1. The Balaban J connectivity index is 1.76. The average molecular weight is 435 g/mol. The number of nitrogen functional groups attached to an aromatic ring is 1.